The van der Waals surface area contributed by atoms with Crippen LogP contribution < -0.4 is 0 Å². The zero-order valence-corrected chi connectivity index (χ0v) is 7.24. The van der Waals surface area contributed by atoms with E-state index in [1.807, 2.05) is 6.92 Å². The molecule has 3 nitrogen and oxygen atoms in total. The second kappa shape index (κ2) is 2.81. The van der Waals surface area contributed by atoms with Crippen molar-refractivity contribution >= 4 is 5.91 Å². The Kier molecular flexibility index (Phi) is 2.18. The monoisotopic (exact) mass is 157 g/mol. The lowest BCUT2D eigenvalue weighted by molar-refractivity contribution is -0.128. The number of aliphatic hydroxyl groups is 1. The average molecular weight is 157 g/mol. The number of rotatable bonds is 1. The van der Waals surface area contributed by atoms with E-state index in [0.29, 0.717) is 6.42 Å². The summed E-state index contributed by atoms with van der Waals surface area (Å²) in [6, 6.07) is 0.0162. The minimum atomic E-state index is -0.415. The van der Waals surface area contributed by atoms with Gasteiger partial charge in [-0.1, -0.05) is 6.92 Å². The normalized spacial score (nSPS) is 34.5. The van der Waals surface area contributed by atoms with Gasteiger partial charge in [-0.15, -0.1) is 0 Å². The molecule has 3 heteroatoms. The number of carbonyl (C=O) groups excluding carboxylic acids is 1. The molecule has 1 amide bonds. The van der Waals surface area contributed by atoms with E-state index in [-0.39, 0.29) is 17.9 Å². The largest absolute Gasteiger partial charge is 0.391 e. The highest BCUT2D eigenvalue weighted by molar-refractivity contribution is 5.79. The van der Waals surface area contributed by atoms with Gasteiger partial charge in [0.05, 0.1) is 12.1 Å². The van der Waals surface area contributed by atoms with E-state index in [2.05, 4.69) is 0 Å². The van der Waals surface area contributed by atoms with Crippen LogP contribution in [0.1, 0.15) is 20.3 Å². The third-order valence-electron chi connectivity index (χ3n) is 2.41. The van der Waals surface area contributed by atoms with E-state index < -0.39 is 6.10 Å². The Balaban J connectivity index is 2.71. The smallest absolute Gasteiger partial charge is 0.223 e. The van der Waals surface area contributed by atoms with Crippen LogP contribution in [-0.4, -0.2) is 35.1 Å². The van der Waals surface area contributed by atoms with E-state index in [4.69, 9.17) is 0 Å². The summed E-state index contributed by atoms with van der Waals surface area (Å²) in [5.41, 5.74) is 0. The van der Waals surface area contributed by atoms with Crippen molar-refractivity contribution in [2.75, 3.05) is 7.05 Å². The van der Waals surface area contributed by atoms with E-state index in [1.54, 1.807) is 18.9 Å². The van der Waals surface area contributed by atoms with Crippen LogP contribution >= 0.6 is 0 Å². The predicted molar refractivity (Wildman–Crippen MR) is 42.0 cm³/mol. The van der Waals surface area contributed by atoms with Crippen LogP contribution in [0.3, 0.4) is 0 Å². The first-order valence-corrected chi connectivity index (χ1v) is 3.97. The highest BCUT2D eigenvalue weighted by Crippen LogP contribution is 2.25. The SMILES string of the molecule is C[C@@H](O)[C@H]1[C@@H](C)CC(=O)N1C. The highest BCUT2D eigenvalue weighted by atomic mass is 16.3. The number of likely N-dealkylation sites (tertiary alicyclic amines) is 1. The number of hydrogen-bond donors (Lipinski definition) is 1. The second-order valence-corrected chi connectivity index (χ2v) is 3.42. The maximum atomic E-state index is 11.1. The van der Waals surface area contributed by atoms with Gasteiger partial charge in [0.1, 0.15) is 0 Å². The van der Waals surface area contributed by atoms with E-state index in [1.165, 1.54) is 0 Å². The molecule has 64 valence electrons. The molecule has 0 saturated carbocycles. The lowest BCUT2D eigenvalue weighted by Gasteiger charge is -2.25. The van der Waals surface area contributed by atoms with Crippen molar-refractivity contribution in [3.8, 4) is 0 Å². The Bertz CT molecular complexity index is 167. The van der Waals surface area contributed by atoms with Crippen LogP contribution in [0.4, 0.5) is 0 Å². The molecule has 0 aromatic heterocycles. The van der Waals surface area contributed by atoms with Crippen molar-refractivity contribution in [3.63, 3.8) is 0 Å². The average Bonchev–Trinajstić information content (AvgIpc) is 2.07. The zero-order valence-electron chi connectivity index (χ0n) is 7.24. The molecule has 3 atom stereocenters. The van der Waals surface area contributed by atoms with Crippen LogP contribution in [0.2, 0.25) is 0 Å². The molecule has 1 aliphatic heterocycles. The van der Waals surface area contributed by atoms with E-state index >= 15 is 0 Å². The number of aliphatic hydroxyl groups excluding tert-OH is 1. The lowest BCUT2D eigenvalue weighted by Crippen LogP contribution is -2.39. The van der Waals surface area contributed by atoms with Crippen molar-refractivity contribution < 1.29 is 9.90 Å². The summed E-state index contributed by atoms with van der Waals surface area (Å²) >= 11 is 0. The summed E-state index contributed by atoms with van der Waals surface area (Å²) in [7, 11) is 1.75. The summed E-state index contributed by atoms with van der Waals surface area (Å²) in [6.07, 6.45) is 0.160. The van der Waals surface area contributed by atoms with Crippen molar-refractivity contribution in [1.29, 1.82) is 0 Å². The molecule has 1 fully saturated rings. The fourth-order valence-corrected chi connectivity index (χ4v) is 1.89. The Hall–Kier alpha value is -0.570. The number of amides is 1. The van der Waals surface area contributed by atoms with Gasteiger partial charge in [0, 0.05) is 13.5 Å². The fraction of sp³-hybridized carbons (Fsp3) is 0.875. The summed E-state index contributed by atoms with van der Waals surface area (Å²) in [6.45, 7) is 3.73. The van der Waals surface area contributed by atoms with Gasteiger partial charge in [-0.3, -0.25) is 4.79 Å². The number of hydrogen-bond acceptors (Lipinski definition) is 2. The van der Waals surface area contributed by atoms with Gasteiger partial charge in [-0.05, 0) is 12.8 Å². The molecule has 1 aliphatic rings. The molecule has 11 heavy (non-hydrogen) atoms. The first-order chi connectivity index (χ1) is 5.04. The summed E-state index contributed by atoms with van der Waals surface area (Å²) in [4.78, 5) is 12.8. The molecular weight excluding hydrogens is 142 g/mol. The molecule has 1 saturated heterocycles. The van der Waals surface area contributed by atoms with Crippen LogP contribution in [0.25, 0.3) is 0 Å². The standard InChI is InChI=1S/C8H15NO2/c1-5-4-7(11)9(3)8(5)6(2)10/h5-6,8,10H,4H2,1-3H3/t5-,6+,8+/m0/s1. The Morgan fingerprint density at radius 3 is 2.45 bits per heavy atom. The molecular formula is C8H15NO2. The number of nitrogens with zero attached hydrogens (tertiary/aromatic N) is 1. The Morgan fingerprint density at radius 1 is 1.73 bits per heavy atom. The predicted octanol–water partition coefficient (Wildman–Crippen LogP) is 0.234. The fourth-order valence-electron chi connectivity index (χ4n) is 1.89. The molecule has 1 rings (SSSR count). The van der Waals surface area contributed by atoms with E-state index in [9.17, 15) is 9.90 Å². The molecule has 0 aromatic rings. The van der Waals surface area contributed by atoms with Crippen molar-refractivity contribution in [2.24, 2.45) is 5.92 Å². The van der Waals surface area contributed by atoms with Crippen LogP contribution in [0.5, 0.6) is 0 Å². The van der Waals surface area contributed by atoms with Gasteiger partial charge in [0.2, 0.25) is 5.91 Å². The Morgan fingerprint density at radius 2 is 2.27 bits per heavy atom. The minimum Gasteiger partial charge on any atom is -0.391 e. The third kappa shape index (κ3) is 1.38. The quantitative estimate of drug-likeness (QED) is 0.592. The summed E-state index contributed by atoms with van der Waals surface area (Å²) in [5.74, 6) is 0.427. The van der Waals surface area contributed by atoms with Gasteiger partial charge in [-0.2, -0.15) is 0 Å². The van der Waals surface area contributed by atoms with Crippen LogP contribution in [-0.2, 0) is 4.79 Å². The Labute approximate surface area is 67.0 Å². The third-order valence-corrected chi connectivity index (χ3v) is 2.41. The molecule has 0 unspecified atom stereocenters. The van der Waals surface area contributed by atoms with Gasteiger partial charge in [0.25, 0.3) is 0 Å². The van der Waals surface area contributed by atoms with Crippen molar-refractivity contribution in [2.45, 2.75) is 32.4 Å². The molecule has 0 aliphatic carbocycles. The molecule has 0 radical (unpaired) electrons. The summed E-state index contributed by atoms with van der Waals surface area (Å²) < 4.78 is 0. The van der Waals surface area contributed by atoms with Crippen LogP contribution in [0, 0.1) is 5.92 Å². The summed E-state index contributed by atoms with van der Waals surface area (Å²) in [5, 5.41) is 9.32. The van der Waals surface area contributed by atoms with Crippen molar-refractivity contribution in [1.82, 2.24) is 4.90 Å². The van der Waals surface area contributed by atoms with Gasteiger partial charge < -0.3 is 10.0 Å². The zero-order chi connectivity index (χ0) is 8.59. The van der Waals surface area contributed by atoms with Gasteiger partial charge >= 0.3 is 0 Å². The van der Waals surface area contributed by atoms with E-state index in [0.717, 1.165) is 0 Å². The molecule has 1 heterocycles. The maximum Gasteiger partial charge on any atom is 0.223 e. The second-order valence-electron chi connectivity index (χ2n) is 3.42. The lowest BCUT2D eigenvalue weighted by atomic mass is 9.99. The number of likely N-dealkylation sites (N-methyl/N-ethyl adjacent to an activating group) is 1. The highest BCUT2D eigenvalue weighted by Gasteiger charge is 2.37. The first kappa shape index (κ1) is 8.53. The molecule has 0 spiro atoms. The van der Waals surface area contributed by atoms with Crippen molar-refractivity contribution in [3.05, 3.63) is 0 Å². The first-order valence-electron chi connectivity index (χ1n) is 3.97. The number of carbonyl (C=O) groups is 1. The topological polar surface area (TPSA) is 40.5 Å². The minimum absolute atomic E-state index is 0.0162. The molecule has 1 N–H and O–H groups in total. The van der Waals surface area contributed by atoms with Gasteiger partial charge in [0.15, 0.2) is 0 Å². The van der Waals surface area contributed by atoms with Crippen LogP contribution in [0.15, 0.2) is 0 Å². The van der Waals surface area contributed by atoms with Gasteiger partial charge in [-0.25, -0.2) is 0 Å². The molecule has 0 aromatic carbocycles. The maximum absolute atomic E-state index is 11.1. The molecule has 0 bridgehead atoms.